The summed E-state index contributed by atoms with van der Waals surface area (Å²) in [4.78, 5) is 35.4. The van der Waals surface area contributed by atoms with Crippen LogP contribution < -0.4 is 19.7 Å². The van der Waals surface area contributed by atoms with Crippen molar-refractivity contribution >= 4 is 17.8 Å². The van der Waals surface area contributed by atoms with Crippen LogP contribution in [0.1, 0.15) is 25.3 Å². The van der Waals surface area contributed by atoms with Crippen molar-refractivity contribution in [1.82, 2.24) is 15.3 Å². The van der Waals surface area contributed by atoms with E-state index in [1.807, 2.05) is 11.0 Å². The summed E-state index contributed by atoms with van der Waals surface area (Å²) in [5.41, 5.74) is 0.847. The first kappa shape index (κ1) is 22.3. The predicted octanol–water partition coefficient (Wildman–Crippen LogP) is 1.96. The lowest BCUT2D eigenvalue weighted by Gasteiger charge is -2.31. The van der Waals surface area contributed by atoms with Gasteiger partial charge in [0.15, 0.2) is 17.6 Å². The van der Waals surface area contributed by atoms with Crippen molar-refractivity contribution < 1.29 is 23.8 Å². The second-order valence-corrected chi connectivity index (χ2v) is 7.30. The van der Waals surface area contributed by atoms with Crippen LogP contribution in [0.4, 0.5) is 5.95 Å². The maximum Gasteiger partial charge on any atom is 0.309 e. The number of hydrogen-bond donors (Lipinski definition) is 1. The van der Waals surface area contributed by atoms with E-state index in [1.165, 1.54) is 0 Å². The van der Waals surface area contributed by atoms with E-state index < -0.39 is 6.10 Å². The molecule has 1 aliphatic heterocycles. The molecule has 1 fully saturated rings. The van der Waals surface area contributed by atoms with E-state index in [9.17, 15) is 9.59 Å². The third-order valence-corrected chi connectivity index (χ3v) is 5.24. The number of hydrogen-bond acceptors (Lipinski definition) is 8. The zero-order valence-corrected chi connectivity index (χ0v) is 18.0. The molecule has 0 aliphatic carbocycles. The van der Waals surface area contributed by atoms with Crippen LogP contribution in [0.3, 0.4) is 0 Å². The number of ether oxygens (including phenoxy) is 3. The van der Waals surface area contributed by atoms with Gasteiger partial charge in [0.05, 0.1) is 20.1 Å². The van der Waals surface area contributed by atoms with Crippen LogP contribution in [-0.2, 0) is 20.9 Å². The number of carbonyl (C=O) groups excluding carboxylic acids is 2. The van der Waals surface area contributed by atoms with Gasteiger partial charge in [0.1, 0.15) is 0 Å². The van der Waals surface area contributed by atoms with Crippen LogP contribution in [0.25, 0.3) is 0 Å². The summed E-state index contributed by atoms with van der Waals surface area (Å²) >= 11 is 0. The Labute approximate surface area is 181 Å². The highest BCUT2D eigenvalue weighted by Gasteiger charge is 2.29. The smallest absolute Gasteiger partial charge is 0.309 e. The predicted molar refractivity (Wildman–Crippen MR) is 114 cm³/mol. The number of benzene rings is 1. The average Bonchev–Trinajstić information content (AvgIpc) is 2.82. The number of methoxy groups -OCH3 is 2. The number of nitrogens with zero attached hydrogens (tertiary/aromatic N) is 3. The Bertz CT molecular complexity index is 885. The molecule has 0 spiro atoms. The minimum atomic E-state index is -0.872. The number of esters is 1. The van der Waals surface area contributed by atoms with Gasteiger partial charge in [-0.3, -0.25) is 9.59 Å². The largest absolute Gasteiger partial charge is 0.493 e. The zero-order chi connectivity index (χ0) is 22.2. The number of aromatic nitrogens is 2. The third-order valence-electron chi connectivity index (χ3n) is 5.24. The second kappa shape index (κ2) is 10.6. The van der Waals surface area contributed by atoms with Gasteiger partial charge in [-0.15, -0.1) is 0 Å². The van der Waals surface area contributed by atoms with Gasteiger partial charge < -0.3 is 24.4 Å². The highest BCUT2D eigenvalue weighted by atomic mass is 16.5. The van der Waals surface area contributed by atoms with Crippen LogP contribution in [0.5, 0.6) is 11.5 Å². The fourth-order valence-corrected chi connectivity index (χ4v) is 3.42. The Balaban J connectivity index is 1.45. The molecule has 0 bridgehead atoms. The molecule has 9 heteroatoms. The molecule has 1 amide bonds. The molecule has 2 aromatic rings. The molecule has 1 aromatic heterocycles. The summed E-state index contributed by atoms with van der Waals surface area (Å²) in [6.07, 6.45) is 3.80. The number of nitrogens with one attached hydrogen (secondary N) is 1. The highest BCUT2D eigenvalue weighted by molar-refractivity contribution is 5.84. The first-order valence-electron chi connectivity index (χ1n) is 10.2. The summed E-state index contributed by atoms with van der Waals surface area (Å²) in [6.45, 7) is 3.21. The van der Waals surface area contributed by atoms with Crippen LogP contribution in [-0.4, -0.2) is 55.3 Å². The van der Waals surface area contributed by atoms with Crippen molar-refractivity contribution in [2.24, 2.45) is 5.92 Å². The molecule has 1 aliphatic rings. The molecule has 31 heavy (non-hydrogen) atoms. The van der Waals surface area contributed by atoms with Crippen LogP contribution >= 0.6 is 0 Å². The summed E-state index contributed by atoms with van der Waals surface area (Å²) < 4.78 is 15.9. The van der Waals surface area contributed by atoms with Crippen molar-refractivity contribution in [2.45, 2.75) is 32.4 Å². The van der Waals surface area contributed by atoms with E-state index in [0.717, 1.165) is 5.56 Å². The Hall–Kier alpha value is -3.36. The van der Waals surface area contributed by atoms with Crippen molar-refractivity contribution in [3.05, 3.63) is 42.2 Å². The fourth-order valence-electron chi connectivity index (χ4n) is 3.42. The molecule has 1 atom stereocenters. The summed E-state index contributed by atoms with van der Waals surface area (Å²) in [5.74, 6) is 0.935. The second-order valence-electron chi connectivity index (χ2n) is 7.30. The number of rotatable bonds is 8. The van der Waals surface area contributed by atoms with Crippen molar-refractivity contribution in [3.63, 3.8) is 0 Å². The maximum absolute atomic E-state index is 12.5. The van der Waals surface area contributed by atoms with Crippen molar-refractivity contribution in [2.75, 3.05) is 32.2 Å². The molecule has 166 valence electrons. The van der Waals surface area contributed by atoms with Gasteiger partial charge in [0.2, 0.25) is 5.95 Å². The molecule has 3 rings (SSSR count). The molecule has 0 radical (unpaired) electrons. The van der Waals surface area contributed by atoms with Crippen LogP contribution in [0.2, 0.25) is 0 Å². The number of piperidine rings is 1. The average molecular weight is 428 g/mol. The summed E-state index contributed by atoms with van der Waals surface area (Å²) in [6, 6.07) is 7.17. The van der Waals surface area contributed by atoms with Gasteiger partial charge >= 0.3 is 5.97 Å². The molecule has 9 nitrogen and oxygen atoms in total. The molecule has 1 N–H and O–H groups in total. The fraction of sp³-hybridized carbons (Fsp3) is 0.455. The SMILES string of the molecule is COc1ccc(CNC(=O)C(C)OC(=O)C2CCN(c3ncccn3)CC2)cc1OC. The zero-order valence-electron chi connectivity index (χ0n) is 18.0. The molecular formula is C22H28N4O5. The number of amides is 1. The van der Waals surface area contributed by atoms with Gasteiger partial charge in [0, 0.05) is 32.0 Å². The van der Waals surface area contributed by atoms with E-state index in [-0.39, 0.29) is 24.3 Å². The minimum absolute atomic E-state index is 0.235. The summed E-state index contributed by atoms with van der Waals surface area (Å²) in [5, 5.41) is 2.79. The highest BCUT2D eigenvalue weighted by Crippen LogP contribution is 2.27. The molecule has 2 heterocycles. The van der Waals surface area contributed by atoms with E-state index in [1.54, 1.807) is 51.7 Å². The molecule has 1 saturated heterocycles. The maximum atomic E-state index is 12.5. The lowest BCUT2D eigenvalue weighted by atomic mass is 9.97. The van der Waals surface area contributed by atoms with Crippen LogP contribution in [0.15, 0.2) is 36.7 Å². The first-order chi connectivity index (χ1) is 15.0. The number of anilines is 1. The molecular weight excluding hydrogens is 400 g/mol. The quantitative estimate of drug-likeness (QED) is 0.637. The van der Waals surface area contributed by atoms with Gasteiger partial charge in [-0.05, 0) is 43.5 Å². The summed E-state index contributed by atoms with van der Waals surface area (Å²) in [7, 11) is 3.12. The van der Waals surface area contributed by atoms with E-state index in [2.05, 4.69) is 15.3 Å². The Morgan fingerprint density at radius 2 is 1.81 bits per heavy atom. The number of carbonyl (C=O) groups is 2. The van der Waals surface area contributed by atoms with Gasteiger partial charge in [-0.2, -0.15) is 0 Å². The minimum Gasteiger partial charge on any atom is -0.493 e. The third kappa shape index (κ3) is 5.84. The molecule has 1 aromatic carbocycles. The van der Waals surface area contributed by atoms with Crippen molar-refractivity contribution in [1.29, 1.82) is 0 Å². The lowest BCUT2D eigenvalue weighted by Crippen LogP contribution is -2.40. The van der Waals surface area contributed by atoms with E-state index >= 15 is 0 Å². The normalized spacial score (nSPS) is 15.1. The monoisotopic (exact) mass is 428 g/mol. The Morgan fingerprint density at radius 3 is 2.45 bits per heavy atom. The van der Waals surface area contributed by atoms with Crippen LogP contribution in [0, 0.1) is 5.92 Å². The Kier molecular flexibility index (Phi) is 7.64. The standard InChI is InChI=1S/C22H28N4O5/c1-15(20(27)25-14-16-5-6-18(29-2)19(13-16)30-3)31-21(28)17-7-11-26(12-8-17)22-23-9-4-10-24-22/h4-6,9-10,13,15,17H,7-8,11-12,14H2,1-3H3,(H,25,27). The van der Waals surface area contributed by atoms with E-state index in [4.69, 9.17) is 14.2 Å². The van der Waals surface area contributed by atoms with E-state index in [0.29, 0.717) is 43.4 Å². The topological polar surface area (TPSA) is 103 Å². The molecule has 1 unspecified atom stereocenters. The van der Waals surface area contributed by atoms with Crippen molar-refractivity contribution in [3.8, 4) is 11.5 Å². The lowest BCUT2D eigenvalue weighted by molar-refractivity contribution is -0.159. The Morgan fingerprint density at radius 1 is 1.13 bits per heavy atom. The van der Waals surface area contributed by atoms with Gasteiger partial charge in [0.25, 0.3) is 5.91 Å². The first-order valence-corrected chi connectivity index (χ1v) is 10.2. The van der Waals surface area contributed by atoms with Gasteiger partial charge in [-0.25, -0.2) is 9.97 Å². The molecule has 0 saturated carbocycles. The van der Waals surface area contributed by atoms with Gasteiger partial charge in [-0.1, -0.05) is 6.07 Å².